The van der Waals surface area contributed by atoms with Gasteiger partial charge in [0.05, 0.1) is 0 Å². The molecule has 0 aliphatic rings. The monoisotopic (exact) mass is 240 g/mol. The van der Waals surface area contributed by atoms with E-state index in [1.54, 1.807) is 26.2 Å². The lowest BCUT2D eigenvalue weighted by Gasteiger charge is -2.28. The average molecular weight is 240 g/mol. The maximum absolute atomic E-state index is 12.7. The molecule has 1 unspecified atom stereocenters. The molecule has 1 aromatic rings. The quantitative estimate of drug-likeness (QED) is 0.792. The fraction of sp³-hybridized carbons (Fsp3) is 0.417. The van der Waals surface area contributed by atoms with Gasteiger partial charge in [-0.15, -0.1) is 0 Å². The molecule has 0 radical (unpaired) electrons. The Kier molecular flexibility index (Phi) is 4.45. The molecule has 0 aromatic heterocycles. The van der Waals surface area contributed by atoms with E-state index in [4.69, 9.17) is 10.5 Å². The zero-order chi connectivity index (χ0) is 12.9. The maximum Gasteiger partial charge on any atom is 0.242 e. The van der Waals surface area contributed by atoms with Crippen molar-refractivity contribution < 1.29 is 13.9 Å². The zero-order valence-corrected chi connectivity index (χ0v) is 10.00. The van der Waals surface area contributed by atoms with Crippen LogP contribution >= 0.6 is 0 Å². The number of hydrogen-bond acceptors (Lipinski definition) is 3. The van der Waals surface area contributed by atoms with Crippen molar-refractivity contribution in [1.82, 2.24) is 0 Å². The Bertz CT molecular complexity index is 381. The van der Waals surface area contributed by atoms with Crippen LogP contribution in [0.2, 0.25) is 0 Å². The van der Waals surface area contributed by atoms with E-state index in [0.717, 1.165) is 0 Å². The lowest BCUT2D eigenvalue weighted by Crippen LogP contribution is -2.48. The number of anilines is 1. The fourth-order valence-corrected chi connectivity index (χ4v) is 1.41. The molecule has 5 heteroatoms. The molecule has 3 N–H and O–H groups in total. The van der Waals surface area contributed by atoms with E-state index in [0.29, 0.717) is 18.7 Å². The van der Waals surface area contributed by atoms with Gasteiger partial charge in [-0.2, -0.15) is 0 Å². The van der Waals surface area contributed by atoms with Crippen molar-refractivity contribution in [3.05, 3.63) is 30.1 Å². The largest absolute Gasteiger partial charge is 0.385 e. The first kappa shape index (κ1) is 13.4. The van der Waals surface area contributed by atoms with Crippen molar-refractivity contribution in [3.63, 3.8) is 0 Å². The van der Waals surface area contributed by atoms with E-state index < -0.39 is 11.4 Å². The minimum absolute atomic E-state index is 0.326. The van der Waals surface area contributed by atoms with Crippen LogP contribution < -0.4 is 11.1 Å². The van der Waals surface area contributed by atoms with E-state index in [9.17, 15) is 9.18 Å². The number of nitrogens with two attached hydrogens (primary N) is 1. The van der Waals surface area contributed by atoms with Gasteiger partial charge >= 0.3 is 0 Å². The van der Waals surface area contributed by atoms with Crippen molar-refractivity contribution in [2.45, 2.75) is 18.9 Å². The molecule has 1 atom stereocenters. The Labute approximate surface area is 100.0 Å². The van der Waals surface area contributed by atoms with Gasteiger partial charge in [0, 0.05) is 25.8 Å². The summed E-state index contributed by atoms with van der Waals surface area (Å²) in [6.07, 6.45) is 0.441. The number of benzene rings is 1. The van der Waals surface area contributed by atoms with Crippen molar-refractivity contribution >= 4 is 11.6 Å². The molecule has 0 spiro atoms. The van der Waals surface area contributed by atoms with Crippen LogP contribution in [0.25, 0.3) is 0 Å². The van der Waals surface area contributed by atoms with Crippen LogP contribution in [-0.4, -0.2) is 25.2 Å². The molecule has 1 rings (SSSR count). The van der Waals surface area contributed by atoms with Crippen molar-refractivity contribution in [2.75, 3.05) is 19.0 Å². The number of halogens is 1. The smallest absolute Gasteiger partial charge is 0.242 e. The van der Waals surface area contributed by atoms with Crippen LogP contribution in [-0.2, 0) is 9.53 Å². The molecule has 0 bridgehead atoms. The van der Waals surface area contributed by atoms with Gasteiger partial charge in [0.25, 0.3) is 0 Å². The number of methoxy groups -OCH3 is 1. The maximum atomic E-state index is 12.7. The summed E-state index contributed by atoms with van der Waals surface area (Å²) in [5.41, 5.74) is 5.09. The summed E-state index contributed by atoms with van der Waals surface area (Å²) < 4.78 is 17.7. The number of rotatable bonds is 6. The summed E-state index contributed by atoms with van der Waals surface area (Å²) in [5, 5.41) is 3.00. The highest BCUT2D eigenvalue weighted by molar-refractivity contribution is 5.87. The number of amides is 1. The number of carbonyl (C=O) groups is 1. The summed E-state index contributed by atoms with van der Waals surface area (Å²) in [6.45, 7) is 2.10. The first-order valence-corrected chi connectivity index (χ1v) is 5.30. The van der Waals surface area contributed by atoms with Gasteiger partial charge in [-0.3, -0.25) is 4.79 Å². The van der Waals surface area contributed by atoms with Gasteiger partial charge in [-0.05, 0) is 31.2 Å². The van der Waals surface area contributed by atoms with Gasteiger partial charge in [0.2, 0.25) is 5.91 Å². The summed E-state index contributed by atoms with van der Waals surface area (Å²) in [5.74, 6) is -0.799. The molecule has 0 heterocycles. The summed E-state index contributed by atoms with van der Waals surface area (Å²) >= 11 is 0. The van der Waals surface area contributed by atoms with E-state index in [1.807, 2.05) is 0 Å². The summed E-state index contributed by atoms with van der Waals surface area (Å²) in [7, 11) is 1.55. The normalized spacial score (nSPS) is 14.1. The van der Waals surface area contributed by atoms with E-state index in [2.05, 4.69) is 5.32 Å². The topological polar surface area (TPSA) is 64.3 Å². The minimum Gasteiger partial charge on any atom is -0.385 e. The zero-order valence-electron chi connectivity index (χ0n) is 10.00. The van der Waals surface area contributed by atoms with Gasteiger partial charge in [-0.25, -0.2) is 4.39 Å². The van der Waals surface area contributed by atoms with E-state index >= 15 is 0 Å². The lowest BCUT2D eigenvalue weighted by molar-refractivity contribution is -0.122. The highest BCUT2D eigenvalue weighted by atomic mass is 19.1. The SMILES string of the molecule is COCCC(C)(Nc1ccc(F)cc1)C(N)=O. The van der Waals surface area contributed by atoms with Crippen LogP contribution in [0.4, 0.5) is 10.1 Å². The highest BCUT2D eigenvalue weighted by Gasteiger charge is 2.30. The standard InChI is InChI=1S/C12H17FN2O2/c1-12(11(14)16,7-8-17-2)15-10-5-3-9(13)4-6-10/h3-6,15H,7-8H2,1-2H3,(H2,14,16). The summed E-state index contributed by atoms with van der Waals surface area (Å²) in [6, 6.07) is 5.76. The molecule has 94 valence electrons. The number of carbonyl (C=O) groups excluding carboxylic acids is 1. The Morgan fingerprint density at radius 2 is 2.06 bits per heavy atom. The first-order valence-electron chi connectivity index (χ1n) is 5.30. The van der Waals surface area contributed by atoms with Crippen LogP contribution in [0, 0.1) is 5.82 Å². The third-order valence-electron chi connectivity index (χ3n) is 2.61. The highest BCUT2D eigenvalue weighted by Crippen LogP contribution is 2.18. The molecule has 1 amide bonds. The fourth-order valence-electron chi connectivity index (χ4n) is 1.41. The number of ether oxygens (including phenoxy) is 1. The Morgan fingerprint density at radius 1 is 1.47 bits per heavy atom. The van der Waals surface area contributed by atoms with Crippen molar-refractivity contribution in [1.29, 1.82) is 0 Å². The number of primary amides is 1. The third-order valence-corrected chi connectivity index (χ3v) is 2.61. The first-order chi connectivity index (χ1) is 7.98. The number of hydrogen-bond donors (Lipinski definition) is 2. The predicted octanol–water partition coefficient (Wildman–Crippen LogP) is 1.52. The van der Waals surface area contributed by atoms with E-state index in [-0.39, 0.29) is 5.82 Å². The molecule has 4 nitrogen and oxygen atoms in total. The van der Waals surface area contributed by atoms with Crippen LogP contribution in [0.5, 0.6) is 0 Å². The second-order valence-corrected chi connectivity index (χ2v) is 4.07. The van der Waals surface area contributed by atoms with Crippen molar-refractivity contribution in [3.8, 4) is 0 Å². The van der Waals surface area contributed by atoms with Crippen LogP contribution in [0.15, 0.2) is 24.3 Å². The van der Waals surface area contributed by atoms with Gasteiger partial charge in [0.15, 0.2) is 0 Å². The van der Waals surface area contributed by atoms with Crippen LogP contribution in [0.1, 0.15) is 13.3 Å². The molecule has 0 aliphatic carbocycles. The second-order valence-electron chi connectivity index (χ2n) is 4.07. The van der Waals surface area contributed by atoms with E-state index in [1.165, 1.54) is 12.1 Å². The van der Waals surface area contributed by atoms with Crippen LogP contribution in [0.3, 0.4) is 0 Å². The summed E-state index contributed by atoms with van der Waals surface area (Å²) in [4.78, 5) is 11.4. The molecular formula is C12H17FN2O2. The molecule has 0 aliphatic heterocycles. The Morgan fingerprint density at radius 3 is 2.53 bits per heavy atom. The molecule has 1 aromatic carbocycles. The van der Waals surface area contributed by atoms with Crippen molar-refractivity contribution in [2.24, 2.45) is 5.73 Å². The molecule has 0 saturated carbocycles. The molecule has 17 heavy (non-hydrogen) atoms. The molecule has 0 saturated heterocycles. The van der Waals surface area contributed by atoms with Gasteiger partial charge in [-0.1, -0.05) is 0 Å². The van der Waals surface area contributed by atoms with Gasteiger partial charge < -0.3 is 15.8 Å². The third kappa shape index (κ3) is 3.71. The predicted molar refractivity (Wildman–Crippen MR) is 64.1 cm³/mol. The average Bonchev–Trinajstić information content (AvgIpc) is 2.29. The Hall–Kier alpha value is -1.62. The minimum atomic E-state index is -0.909. The second kappa shape index (κ2) is 5.63. The lowest BCUT2D eigenvalue weighted by atomic mass is 9.97. The number of nitrogens with one attached hydrogen (secondary N) is 1. The Balaban J connectivity index is 2.79. The molecule has 0 fully saturated rings. The molecular weight excluding hydrogens is 223 g/mol. The van der Waals surface area contributed by atoms with Gasteiger partial charge in [0.1, 0.15) is 11.4 Å².